The number of hydrogen-bond donors (Lipinski definition) is 0. The van der Waals surface area contributed by atoms with Crippen LogP contribution in [0.1, 0.15) is 35.8 Å². The van der Waals surface area contributed by atoms with Crippen molar-refractivity contribution in [3.05, 3.63) is 34.0 Å². The lowest BCUT2D eigenvalue weighted by Crippen LogP contribution is -2.13. The highest BCUT2D eigenvalue weighted by Crippen LogP contribution is 2.30. The quantitative estimate of drug-likeness (QED) is 0.796. The van der Waals surface area contributed by atoms with Crippen LogP contribution < -0.4 is 0 Å². The number of alkyl halides is 4. The molecule has 1 unspecified atom stereocenters. The average molecular weight is 310 g/mol. The first kappa shape index (κ1) is 14.3. The van der Waals surface area contributed by atoms with Crippen molar-refractivity contribution in [3.63, 3.8) is 0 Å². The molecule has 19 heavy (non-hydrogen) atoms. The first-order chi connectivity index (χ1) is 8.95. The zero-order valence-corrected chi connectivity index (χ0v) is 11.6. The summed E-state index contributed by atoms with van der Waals surface area (Å²) in [5.41, 5.74) is -0.164. The fraction of sp³-hybridized carbons (Fsp3) is 0.455. The van der Waals surface area contributed by atoms with E-state index in [9.17, 15) is 13.2 Å². The molecule has 104 valence electrons. The van der Waals surface area contributed by atoms with Gasteiger partial charge in [-0.3, -0.25) is 4.68 Å². The van der Waals surface area contributed by atoms with E-state index in [-0.39, 0.29) is 6.04 Å². The molecule has 2 aromatic rings. The molecule has 0 spiro atoms. The summed E-state index contributed by atoms with van der Waals surface area (Å²) in [7, 11) is 0. The second kappa shape index (κ2) is 5.50. The van der Waals surface area contributed by atoms with E-state index in [1.807, 2.05) is 6.92 Å². The molecule has 2 aromatic heterocycles. The normalized spacial score (nSPS) is 13.7. The van der Waals surface area contributed by atoms with Crippen LogP contribution >= 0.6 is 22.9 Å². The van der Waals surface area contributed by atoms with Gasteiger partial charge in [0, 0.05) is 11.6 Å². The van der Waals surface area contributed by atoms with E-state index in [2.05, 4.69) is 10.1 Å². The number of thiazole rings is 1. The largest absolute Gasteiger partial charge is 0.435 e. The molecule has 0 bridgehead atoms. The molecule has 0 N–H and O–H groups in total. The molecular formula is C11H11ClF3N3S. The fourth-order valence-electron chi connectivity index (χ4n) is 1.67. The van der Waals surface area contributed by atoms with E-state index in [1.165, 1.54) is 22.2 Å². The summed E-state index contributed by atoms with van der Waals surface area (Å²) < 4.78 is 38.9. The van der Waals surface area contributed by atoms with E-state index in [0.717, 1.165) is 16.8 Å². The highest BCUT2D eigenvalue weighted by molar-refractivity contribution is 7.09. The van der Waals surface area contributed by atoms with Crippen LogP contribution in [0.4, 0.5) is 13.2 Å². The summed E-state index contributed by atoms with van der Waals surface area (Å²) >= 11 is 7.05. The van der Waals surface area contributed by atoms with Gasteiger partial charge in [-0.15, -0.1) is 22.9 Å². The van der Waals surface area contributed by atoms with E-state index in [1.54, 1.807) is 5.38 Å². The topological polar surface area (TPSA) is 30.7 Å². The van der Waals surface area contributed by atoms with Crippen LogP contribution in [0.25, 0.3) is 0 Å². The van der Waals surface area contributed by atoms with Crippen molar-refractivity contribution in [1.82, 2.24) is 14.8 Å². The van der Waals surface area contributed by atoms with Crippen LogP contribution in [0, 0.1) is 0 Å². The molecule has 1 atom stereocenters. The predicted molar refractivity (Wildman–Crippen MR) is 67.3 cm³/mol. The lowest BCUT2D eigenvalue weighted by atomic mass is 10.2. The first-order valence-electron chi connectivity index (χ1n) is 5.58. The number of hydrogen-bond acceptors (Lipinski definition) is 3. The summed E-state index contributed by atoms with van der Waals surface area (Å²) in [6.45, 7) is 1.88. The van der Waals surface area contributed by atoms with E-state index in [0.29, 0.717) is 12.3 Å². The maximum absolute atomic E-state index is 12.5. The van der Waals surface area contributed by atoms with E-state index < -0.39 is 11.9 Å². The second-order valence-corrected chi connectivity index (χ2v) is 5.07. The molecule has 3 nitrogen and oxygen atoms in total. The number of rotatable bonds is 4. The molecule has 0 aliphatic rings. The summed E-state index contributed by atoms with van der Waals surface area (Å²) in [6.07, 6.45) is -2.49. The lowest BCUT2D eigenvalue weighted by molar-refractivity contribution is -0.141. The third-order valence-corrected chi connectivity index (χ3v) is 3.86. The molecule has 8 heteroatoms. The van der Waals surface area contributed by atoms with Crippen molar-refractivity contribution in [2.45, 2.75) is 31.4 Å². The van der Waals surface area contributed by atoms with Gasteiger partial charge in [0.2, 0.25) is 0 Å². The molecule has 2 heterocycles. The summed E-state index contributed by atoms with van der Waals surface area (Å²) in [4.78, 5) is 4.29. The Bertz CT molecular complexity index is 549. The van der Waals surface area contributed by atoms with Crippen molar-refractivity contribution in [1.29, 1.82) is 0 Å². The van der Waals surface area contributed by atoms with Gasteiger partial charge in [0.25, 0.3) is 0 Å². The predicted octanol–water partition coefficient (Wildman–Crippen LogP) is 4.10. The van der Waals surface area contributed by atoms with Gasteiger partial charge in [0.1, 0.15) is 11.0 Å². The molecule has 0 radical (unpaired) electrons. The molecule has 0 amide bonds. The summed E-state index contributed by atoms with van der Waals surface area (Å²) in [5.74, 6) is 0.292. The number of aromatic nitrogens is 3. The molecule has 2 rings (SSSR count). The van der Waals surface area contributed by atoms with Crippen LogP contribution in [0.3, 0.4) is 0 Å². The van der Waals surface area contributed by atoms with E-state index in [4.69, 9.17) is 11.6 Å². The first-order valence-corrected chi connectivity index (χ1v) is 6.99. The van der Waals surface area contributed by atoms with E-state index >= 15 is 0 Å². The highest BCUT2D eigenvalue weighted by Gasteiger charge is 2.34. The van der Waals surface area contributed by atoms with Crippen LogP contribution in [0.5, 0.6) is 0 Å². The molecule has 0 saturated heterocycles. The Morgan fingerprint density at radius 2 is 2.21 bits per heavy atom. The maximum atomic E-state index is 12.5. The van der Waals surface area contributed by atoms with Crippen LogP contribution in [0.15, 0.2) is 17.6 Å². The smallest absolute Gasteiger partial charge is 0.262 e. The van der Waals surface area contributed by atoms with Crippen molar-refractivity contribution in [3.8, 4) is 0 Å². The van der Waals surface area contributed by atoms with Gasteiger partial charge < -0.3 is 0 Å². The van der Waals surface area contributed by atoms with Gasteiger partial charge in [0.15, 0.2) is 5.69 Å². The van der Waals surface area contributed by atoms with Gasteiger partial charge in [-0.05, 0) is 12.5 Å². The standard InChI is InChI=1S/C11H11ClF3N3S/c1-2-8(10-16-7(5-12)6-19-10)18-4-3-9(17-18)11(13,14)15/h3-4,6,8H,2,5H2,1H3. The van der Waals surface area contributed by atoms with Crippen molar-refractivity contribution in [2.75, 3.05) is 0 Å². The second-order valence-electron chi connectivity index (χ2n) is 3.91. The Kier molecular flexibility index (Phi) is 4.15. The minimum absolute atomic E-state index is 0.292. The van der Waals surface area contributed by atoms with Crippen LogP contribution in [-0.4, -0.2) is 14.8 Å². The minimum Gasteiger partial charge on any atom is -0.262 e. The molecular weight excluding hydrogens is 299 g/mol. The molecule has 0 aliphatic carbocycles. The van der Waals surface area contributed by atoms with Gasteiger partial charge in [-0.1, -0.05) is 6.92 Å². The minimum atomic E-state index is -4.42. The molecule has 0 aliphatic heterocycles. The number of nitrogens with zero attached hydrogens (tertiary/aromatic N) is 3. The van der Waals surface area contributed by atoms with Crippen molar-refractivity contribution in [2.24, 2.45) is 0 Å². The summed E-state index contributed by atoms with van der Waals surface area (Å²) in [6, 6.07) is 0.678. The third-order valence-electron chi connectivity index (χ3n) is 2.60. The Morgan fingerprint density at radius 3 is 2.68 bits per heavy atom. The van der Waals surface area contributed by atoms with Gasteiger partial charge in [-0.2, -0.15) is 18.3 Å². The Labute approximate surface area is 117 Å². The number of halogens is 4. The molecule has 0 saturated carbocycles. The third kappa shape index (κ3) is 3.09. The van der Waals surface area contributed by atoms with Crippen molar-refractivity contribution < 1.29 is 13.2 Å². The van der Waals surface area contributed by atoms with Crippen LogP contribution in [-0.2, 0) is 12.1 Å². The SMILES string of the molecule is CCC(c1nc(CCl)cs1)n1ccc(C(F)(F)F)n1. The fourth-order valence-corrected chi connectivity index (χ4v) is 2.90. The van der Waals surface area contributed by atoms with Gasteiger partial charge >= 0.3 is 6.18 Å². The van der Waals surface area contributed by atoms with Gasteiger partial charge in [-0.25, -0.2) is 4.98 Å². The zero-order chi connectivity index (χ0) is 14.0. The van der Waals surface area contributed by atoms with Gasteiger partial charge in [0.05, 0.1) is 11.6 Å². The van der Waals surface area contributed by atoms with Crippen LogP contribution in [0.2, 0.25) is 0 Å². The Balaban J connectivity index is 2.29. The summed E-state index contributed by atoms with van der Waals surface area (Å²) in [5, 5.41) is 6.11. The Morgan fingerprint density at radius 1 is 1.47 bits per heavy atom. The molecule has 0 aromatic carbocycles. The highest BCUT2D eigenvalue weighted by atomic mass is 35.5. The zero-order valence-electron chi connectivity index (χ0n) is 9.99. The average Bonchev–Trinajstić information content (AvgIpc) is 2.98. The maximum Gasteiger partial charge on any atom is 0.435 e. The Hall–Kier alpha value is -1.08. The van der Waals surface area contributed by atoms with Crippen molar-refractivity contribution >= 4 is 22.9 Å². The lowest BCUT2D eigenvalue weighted by Gasteiger charge is -2.12. The monoisotopic (exact) mass is 309 g/mol. The molecule has 0 fully saturated rings.